The summed E-state index contributed by atoms with van der Waals surface area (Å²) in [5.74, 6) is 0.609. The van der Waals surface area contributed by atoms with Crippen molar-refractivity contribution >= 4 is 0 Å². The van der Waals surface area contributed by atoms with Crippen LogP contribution in [0.25, 0.3) is 0 Å². The smallest absolute Gasteiger partial charge is 0.0599 e. The molecule has 0 saturated heterocycles. The number of hydrogen-bond donors (Lipinski definition) is 2. The molecular weight excluding hydrogens is 190 g/mol. The van der Waals surface area contributed by atoms with E-state index in [1.54, 1.807) is 0 Å². The molecular formula is C12H27NO2. The van der Waals surface area contributed by atoms with Gasteiger partial charge in [-0.25, -0.2) is 0 Å². The summed E-state index contributed by atoms with van der Waals surface area (Å²) < 4.78 is 5.59. The molecule has 0 aromatic rings. The molecule has 0 aliphatic heterocycles. The molecule has 0 aliphatic carbocycles. The van der Waals surface area contributed by atoms with Crippen LogP contribution < -0.4 is 5.32 Å². The van der Waals surface area contributed by atoms with Crippen LogP contribution in [0.1, 0.15) is 41.0 Å². The van der Waals surface area contributed by atoms with Gasteiger partial charge in [-0.1, -0.05) is 13.8 Å². The van der Waals surface area contributed by atoms with Gasteiger partial charge in [-0.2, -0.15) is 0 Å². The number of aliphatic hydroxyl groups is 1. The van der Waals surface area contributed by atoms with Crippen LogP contribution in [0.15, 0.2) is 0 Å². The summed E-state index contributed by atoms with van der Waals surface area (Å²) in [6.07, 6.45) is 1.01. The molecule has 15 heavy (non-hydrogen) atoms. The minimum Gasteiger partial charge on any atom is -0.395 e. The van der Waals surface area contributed by atoms with Crippen molar-refractivity contribution in [2.45, 2.75) is 52.7 Å². The predicted octanol–water partition coefficient (Wildman–Crippen LogP) is 1.80. The molecule has 0 aromatic heterocycles. The first-order chi connectivity index (χ1) is 6.85. The van der Waals surface area contributed by atoms with Crippen molar-refractivity contribution in [2.75, 3.05) is 19.8 Å². The summed E-state index contributed by atoms with van der Waals surface area (Å²) >= 11 is 0. The van der Waals surface area contributed by atoms with Crippen LogP contribution in [0.4, 0.5) is 0 Å². The zero-order valence-electron chi connectivity index (χ0n) is 10.8. The number of aliphatic hydroxyl groups excluding tert-OH is 1. The van der Waals surface area contributed by atoms with Crippen molar-refractivity contribution in [2.24, 2.45) is 5.92 Å². The summed E-state index contributed by atoms with van der Waals surface area (Å²) in [6, 6.07) is 0.202. The first-order valence-electron chi connectivity index (χ1n) is 5.83. The van der Waals surface area contributed by atoms with Gasteiger partial charge in [0.1, 0.15) is 0 Å². The standard InChI is InChI=1S/C12H27NO2/c1-10(2)8-11(9-14)13-6-7-15-12(3,4)5/h10-11,13-14H,6-9H2,1-5H3. The average Bonchev–Trinajstić information content (AvgIpc) is 2.08. The Morgan fingerprint density at radius 3 is 2.27 bits per heavy atom. The van der Waals surface area contributed by atoms with E-state index in [0.717, 1.165) is 13.0 Å². The zero-order valence-corrected chi connectivity index (χ0v) is 10.8. The molecule has 0 aromatic carbocycles. The highest BCUT2D eigenvalue weighted by molar-refractivity contribution is 4.67. The third-order valence-corrected chi connectivity index (χ3v) is 2.05. The molecule has 3 nitrogen and oxygen atoms in total. The Labute approximate surface area is 94.2 Å². The van der Waals surface area contributed by atoms with Crippen LogP contribution in [0, 0.1) is 5.92 Å². The van der Waals surface area contributed by atoms with Crippen LogP contribution in [0.2, 0.25) is 0 Å². The van der Waals surface area contributed by atoms with E-state index >= 15 is 0 Å². The fraction of sp³-hybridized carbons (Fsp3) is 1.00. The van der Waals surface area contributed by atoms with E-state index in [0.29, 0.717) is 12.5 Å². The SMILES string of the molecule is CC(C)CC(CO)NCCOC(C)(C)C. The van der Waals surface area contributed by atoms with Gasteiger partial charge in [0.05, 0.1) is 18.8 Å². The van der Waals surface area contributed by atoms with Gasteiger partial charge in [-0.05, 0) is 33.1 Å². The minimum absolute atomic E-state index is 0.0750. The molecule has 92 valence electrons. The number of hydrogen-bond acceptors (Lipinski definition) is 3. The molecule has 0 rings (SSSR count). The molecule has 0 aliphatic rings. The maximum absolute atomic E-state index is 9.13. The highest BCUT2D eigenvalue weighted by Gasteiger charge is 2.11. The first-order valence-corrected chi connectivity index (χ1v) is 5.83. The molecule has 3 heteroatoms. The van der Waals surface area contributed by atoms with Crippen molar-refractivity contribution in [3.8, 4) is 0 Å². The first kappa shape index (κ1) is 14.9. The van der Waals surface area contributed by atoms with Gasteiger partial charge in [0.2, 0.25) is 0 Å². The summed E-state index contributed by atoms with van der Waals surface area (Å²) in [6.45, 7) is 12.2. The molecule has 0 bridgehead atoms. The van der Waals surface area contributed by atoms with Crippen molar-refractivity contribution < 1.29 is 9.84 Å². The van der Waals surface area contributed by atoms with Crippen molar-refractivity contribution in [1.82, 2.24) is 5.32 Å². The summed E-state index contributed by atoms with van der Waals surface area (Å²) in [7, 11) is 0. The lowest BCUT2D eigenvalue weighted by Crippen LogP contribution is -2.37. The van der Waals surface area contributed by atoms with E-state index in [9.17, 15) is 0 Å². The molecule has 0 fully saturated rings. The third kappa shape index (κ3) is 10.2. The fourth-order valence-corrected chi connectivity index (χ4v) is 1.41. The largest absolute Gasteiger partial charge is 0.395 e. The van der Waals surface area contributed by atoms with E-state index in [1.165, 1.54) is 0 Å². The van der Waals surface area contributed by atoms with E-state index < -0.39 is 0 Å². The van der Waals surface area contributed by atoms with Gasteiger partial charge in [0.25, 0.3) is 0 Å². The Morgan fingerprint density at radius 1 is 1.27 bits per heavy atom. The zero-order chi connectivity index (χ0) is 11.9. The molecule has 0 saturated carbocycles. The van der Waals surface area contributed by atoms with Crippen molar-refractivity contribution in [1.29, 1.82) is 0 Å². The van der Waals surface area contributed by atoms with Gasteiger partial charge >= 0.3 is 0 Å². The Hall–Kier alpha value is -0.120. The van der Waals surface area contributed by atoms with E-state index in [2.05, 4.69) is 19.2 Å². The van der Waals surface area contributed by atoms with Crippen molar-refractivity contribution in [3.05, 3.63) is 0 Å². The quantitative estimate of drug-likeness (QED) is 0.639. The second-order valence-electron chi connectivity index (χ2n) is 5.42. The summed E-state index contributed by atoms with van der Waals surface area (Å²) in [4.78, 5) is 0. The molecule has 0 amide bonds. The lowest BCUT2D eigenvalue weighted by molar-refractivity contribution is -0.00240. The Balaban J connectivity index is 3.55. The normalized spacial score (nSPS) is 14.6. The predicted molar refractivity (Wildman–Crippen MR) is 64.0 cm³/mol. The van der Waals surface area contributed by atoms with Crippen LogP contribution in [-0.2, 0) is 4.74 Å². The average molecular weight is 217 g/mol. The third-order valence-electron chi connectivity index (χ3n) is 2.05. The van der Waals surface area contributed by atoms with E-state index in [4.69, 9.17) is 9.84 Å². The van der Waals surface area contributed by atoms with Gasteiger partial charge in [0, 0.05) is 12.6 Å². The molecule has 2 N–H and O–H groups in total. The van der Waals surface area contributed by atoms with Crippen molar-refractivity contribution in [3.63, 3.8) is 0 Å². The topological polar surface area (TPSA) is 41.5 Å². The highest BCUT2D eigenvalue weighted by Crippen LogP contribution is 2.06. The van der Waals surface area contributed by atoms with Gasteiger partial charge in [-0.3, -0.25) is 0 Å². The van der Waals surface area contributed by atoms with E-state index in [1.807, 2.05) is 20.8 Å². The van der Waals surface area contributed by atoms with Gasteiger partial charge in [-0.15, -0.1) is 0 Å². The number of nitrogens with one attached hydrogen (secondary N) is 1. The molecule has 1 unspecified atom stereocenters. The van der Waals surface area contributed by atoms with Crippen LogP contribution in [0.3, 0.4) is 0 Å². The Bertz CT molecular complexity index is 152. The summed E-state index contributed by atoms with van der Waals surface area (Å²) in [5.41, 5.74) is -0.0750. The lowest BCUT2D eigenvalue weighted by Gasteiger charge is -2.22. The number of rotatable bonds is 7. The van der Waals surface area contributed by atoms with Crippen LogP contribution in [0.5, 0.6) is 0 Å². The van der Waals surface area contributed by atoms with Gasteiger partial charge < -0.3 is 15.2 Å². The van der Waals surface area contributed by atoms with E-state index in [-0.39, 0.29) is 18.2 Å². The number of ether oxygens (including phenoxy) is 1. The van der Waals surface area contributed by atoms with Crippen LogP contribution >= 0.6 is 0 Å². The minimum atomic E-state index is -0.0750. The second kappa shape index (κ2) is 7.20. The second-order valence-corrected chi connectivity index (χ2v) is 5.42. The summed E-state index contributed by atoms with van der Waals surface area (Å²) in [5, 5.41) is 12.4. The Morgan fingerprint density at radius 2 is 1.87 bits per heavy atom. The maximum atomic E-state index is 9.13. The highest BCUT2D eigenvalue weighted by atomic mass is 16.5. The lowest BCUT2D eigenvalue weighted by atomic mass is 10.0. The molecule has 0 spiro atoms. The van der Waals surface area contributed by atoms with Crippen LogP contribution in [-0.4, -0.2) is 36.5 Å². The Kier molecular flexibility index (Phi) is 7.14. The van der Waals surface area contributed by atoms with Gasteiger partial charge in [0.15, 0.2) is 0 Å². The molecule has 0 radical (unpaired) electrons. The monoisotopic (exact) mass is 217 g/mol. The maximum Gasteiger partial charge on any atom is 0.0599 e. The fourth-order valence-electron chi connectivity index (χ4n) is 1.41. The molecule has 1 atom stereocenters. The molecule has 0 heterocycles.